The highest BCUT2D eigenvalue weighted by atomic mass is 32.2. The van der Waals surface area contributed by atoms with Gasteiger partial charge < -0.3 is 4.18 Å². The number of nitrogens with zero attached hydrogens (tertiary/aromatic N) is 1. The van der Waals surface area contributed by atoms with E-state index in [4.69, 9.17) is 4.18 Å². The molecule has 0 aromatic heterocycles. The zero-order valence-electron chi connectivity index (χ0n) is 9.51. The fourth-order valence-electron chi connectivity index (χ4n) is 1.77. The van der Waals surface area contributed by atoms with Gasteiger partial charge >= 0.3 is 0 Å². The van der Waals surface area contributed by atoms with Gasteiger partial charge in [0.15, 0.2) is 0 Å². The Labute approximate surface area is 104 Å². The number of amides is 2. The van der Waals surface area contributed by atoms with Crippen molar-refractivity contribution in [3.8, 4) is 5.75 Å². The molecule has 1 saturated heterocycles. The minimum absolute atomic E-state index is 0.0839. The van der Waals surface area contributed by atoms with Crippen LogP contribution in [0, 0.1) is 0 Å². The molecule has 1 aromatic rings. The zero-order valence-corrected chi connectivity index (χ0v) is 10.3. The summed E-state index contributed by atoms with van der Waals surface area (Å²) in [6, 6.07) is 6.81. The molecule has 1 heterocycles. The highest BCUT2D eigenvalue weighted by Crippen LogP contribution is 2.19. The topological polar surface area (TPSA) is 46.6 Å². The van der Waals surface area contributed by atoms with Crippen LogP contribution in [-0.4, -0.2) is 29.5 Å². The molecule has 0 radical (unpaired) electrons. The average Bonchev–Trinajstić information content (AvgIpc) is 2.76. The second-order valence-corrected chi connectivity index (χ2v) is 4.23. The van der Waals surface area contributed by atoms with Gasteiger partial charge in [-0.15, -0.1) is 0 Å². The van der Waals surface area contributed by atoms with Gasteiger partial charge in [0, 0.05) is 24.8 Å². The van der Waals surface area contributed by atoms with Crippen molar-refractivity contribution in [1.29, 1.82) is 0 Å². The highest BCUT2D eigenvalue weighted by Gasteiger charge is 2.27. The Morgan fingerprint density at radius 2 is 2.06 bits per heavy atom. The molecule has 2 rings (SSSR count). The van der Waals surface area contributed by atoms with E-state index in [-0.39, 0.29) is 11.8 Å². The number of imide groups is 1. The number of benzene rings is 1. The van der Waals surface area contributed by atoms with Crippen LogP contribution in [-0.2, 0) is 4.79 Å². The molecule has 1 aliphatic rings. The van der Waals surface area contributed by atoms with E-state index >= 15 is 0 Å². The van der Waals surface area contributed by atoms with Crippen molar-refractivity contribution in [2.24, 2.45) is 0 Å². The minimum atomic E-state index is -0.219. The first-order valence-electron chi connectivity index (χ1n) is 5.38. The van der Waals surface area contributed by atoms with Gasteiger partial charge in [0.05, 0.1) is 12.0 Å². The maximum Gasteiger partial charge on any atom is 0.260 e. The zero-order chi connectivity index (χ0) is 12.3. The molecular formula is C12H13NO3S. The van der Waals surface area contributed by atoms with Crippen LogP contribution in [0.4, 0.5) is 0 Å². The molecule has 0 bridgehead atoms. The van der Waals surface area contributed by atoms with Crippen molar-refractivity contribution in [1.82, 2.24) is 4.90 Å². The van der Waals surface area contributed by atoms with E-state index in [1.165, 1.54) is 16.9 Å². The SMILES string of the molecule is CSOc1ccc(C(=O)N2CCCC2=O)cc1. The van der Waals surface area contributed by atoms with Crippen LogP contribution in [0.3, 0.4) is 0 Å². The number of carbonyl (C=O) groups is 2. The van der Waals surface area contributed by atoms with Gasteiger partial charge in [-0.05, 0) is 30.7 Å². The van der Waals surface area contributed by atoms with Gasteiger partial charge in [-0.2, -0.15) is 0 Å². The lowest BCUT2D eigenvalue weighted by molar-refractivity contribution is -0.125. The number of likely N-dealkylation sites (tertiary alicyclic amines) is 1. The molecule has 0 N–H and O–H groups in total. The van der Waals surface area contributed by atoms with Gasteiger partial charge in [-0.25, -0.2) is 0 Å². The van der Waals surface area contributed by atoms with E-state index in [0.29, 0.717) is 24.3 Å². The maximum absolute atomic E-state index is 12.0. The van der Waals surface area contributed by atoms with Crippen molar-refractivity contribution in [3.63, 3.8) is 0 Å². The van der Waals surface area contributed by atoms with E-state index in [0.717, 1.165) is 6.42 Å². The Hall–Kier alpha value is -1.49. The van der Waals surface area contributed by atoms with Crippen LogP contribution in [0.5, 0.6) is 5.75 Å². The third-order valence-corrected chi connectivity index (χ3v) is 2.96. The molecule has 5 heteroatoms. The average molecular weight is 251 g/mol. The largest absolute Gasteiger partial charge is 0.426 e. The van der Waals surface area contributed by atoms with Crippen LogP contribution in [0.15, 0.2) is 24.3 Å². The summed E-state index contributed by atoms with van der Waals surface area (Å²) in [6.45, 7) is 0.529. The Bertz CT molecular complexity index is 430. The predicted molar refractivity (Wildman–Crippen MR) is 65.9 cm³/mol. The standard InChI is InChI=1S/C12H13NO3S/c1-17-16-10-6-4-9(5-7-10)12(15)13-8-2-3-11(13)14/h4-7H,2-3,8H2,1H3. The van der Waals surface area contributed by atoms with Crippen molar-refractivity contribution < 1.29 is 13.8 Å². The smallest absolute Gasteiger partial charge is 0.260 e. The number of carbonyl (C=O) groups excluding carboxylic acids is 2. The van der Waals surface area contributed by atoms with Crippen LogP contribution >= 0.6 is 12.0 Å². The molecule has 1 aromatic carbocycles. The van der Waals surface area contributed by atoms with Crippen LogP contribution in [0.1, 0.15) is 23.2 Å². The third-order valence-electron chi connectivity index (χ3n) is 2.60. The lowest BCUT2D eigenvalue weighted by Gasteiger charge is -2.13. The first kappa shape index (κ1) is 12.0. The minimum Gasteiger partial charge on any atom is -0.426 e. The van der Waals surface area contributed by atoms with Crippen molar-refractivity contribution in [3.05, 3.63) is 29.8 Å². The predicted octanol–water partition coefficient (Wildman–Crippen LogP) is 2.11. The summed E-state index contributed by atoms with van der Waals surface area (Å²) in [5, 5.41) is 0. The summed E-state index contributed by atoms with van der Waals surface area (Å²) in [7, 11) is 0. The van der Waals surface area contributed by atoms with E-state index in [1.807, 2.05) is 6.26 Å². The molecule has 4 nitrogen and oxygen atoms in total. The van der Waals surface area contributed by atoms with E-state index in [2.05, 4.69) is 0 Å². The summed E-state index contributed by atoms with van der Waals surface area (Å²) < 4.78 is 5.21. The van der Waals surface area contributed by atoms with Gasteiger partial charge in [0.2, 0.25) is 5.91 Å². The first-order valence-corrected chi connectivity index (χ1v) is 6.53. The summed E-state index contributed by atoms with van der Waals surface area (Å²) in [5.74, 6) is 0.393. The lowest BCUT2D eigenvalue weighted by atomic mass is 10.2. The fraction of sp³-hybridized carbons (Fsp3) is 0.333. The molecule has 0 unspecified atom stereocenters. The Morgan fingerprint density at radius 1 is 1.35 bits per heavy atom. The van der Waals surface area contributed by atoms with E-state index < -0.39 is 0 Å². The molecule has 17 heavy (non-hydrogen) atoms. The summed E-state index contributed by atoms with van der Waals surface area (Å²) in [6.07, 6.45) is 3.06. The second kappa shape index (κ2) is 5.23. The Kier molecular flexibility index (Phi) is 3.68. The lowest BCUT2D eigenvalue weighted by Crippen LogP contribution is -2.31. The normalized spacial score (nSPS) is 15.1. The molecule has 1 aliphatic heterocycles. The number of hydrogen-bond donors (Lipinski definition) is 0. The molecule has 90 valence electrons. The van der Waals surface area contributed by atoms with Crippen molar-refractivity contribution >= 4 is 23.9 Å². The van der Waals surface area contributed by atoms with Crippen LogP contribution in [0.25, 0.3) is 0 Å². The van der Waals surface area contributed by atoms with Crippen LogP contribution < -0.4 is 4.18 Å². The van der Waals surface area contributed by atoms with Gasteiger partial charge in [0.25, 0.3) is 5.91 Å². The third kappa shape index (κ3) is 2.61. The van der Waals surface area contributed by atoms with Gasteiger partial charge in [0.1, 0.15) is 5.75 Å². The molecule has 2 amide bonds. The van der Waals surface area contributed by atoms with Gasteiger partial charge in [-0.1, -0.05) is 0 Å². The molecule has 1 fully saturated rings. The van der Waals surface area contributed by atoms with Gasteiger partial charge in [-0.3, -0.25) is 14.5 Å². The number of rotatable bonds is 3. The molecule has 0 aliphatic carbocycles. The summed E-state index contributed by atoms with van der Waals surface area (Å²) in [5.41, 5.74) is 0.522. The first-order chi connectivity index (χ1) is 8.22. The number of hydrogen-bond acceptors (Lipinski definition) is 4. The Morgan fingerprint density at radius 3 is 2.59 bits per heavy atom. The summed E-state index contributed by atoms with van der Waals surface area (Å²) >= 11 is 1.25. The summed E-state index contributed by atoms with van der Waals surface area (Å²) in [4.78, 5) is 24.7. The van der Waals surface area contributed by atoms with Crippen LogP contribution in [0.2, 0.25) is 0 Å². The molecule has 0 saturated carbocycles. The highest BCUT2D eigenvalue weighted by molar-refractivity contribution is 7.94. The van der Waals surface area contributed by atoms with E-state index in [9.17, 15) is 9.59 Å². The molecular weight excluding hydrogens is 238 g/mol. The second-order valence-electron chi connectivity index (χ2n) is 3.73. The van der Waals surface area contributed by atoms with E-state index in [1.54, 1.807) is 24.3 Å². The van der Waals surface area contributed by atoms with Crippen molar-refractivity contribution in [2.45, 2.75) is 12.8 Å². The molecule has 0 atom stereocenters. The maximum atomic E-state index is 12.0. The Balaban J connectivity index is 2.11. The van der Waals surface area contributed by atoms with Crippen molar-refractivity contribution in [2.75, 3.05) is 12.8 Å². The molecule has 0 spiro atoms. The fourth-order valence-corrected chi connectivity index (χ4v) is 2.07. The monoisotopic (exact) mass is 251 g/mol. The quantitative estimate of drug-likeness (QED) is 0.609.